The van der Waals surface area contributed by atoms with Crippen molar-refractivity contribution in [3.63, 3.8) is 0 Å². The van der Waals surface area contributed by atoms with Crippen molar-refractivity contribution in [1.82, 2.24) is 0 Å². The van der Waals surface area contributed by atoms with Crippen LogP contribution in [0.3, 0.4) is 0 Å². The van der Waals surface area contributed by atoms with Crippen molar-refractivity contribution in [3.05, 3.63) is 44.6 Å². The van der Waals surface area contributed by atoms with E-state index in [0.29, 0.717) is 0 Å². The van der Waals surface area contributed by atoms with Gasteiger partial charge in [0.15, 0.2) is 12.2 Å². The number of hydrogen-bond donors (Lipinski definition) is 0. The molecule has 4 rings (SSSR count). The normalized spacial score (nSPS) is 16.6. The molecule has 0 amide bonds. The summed E-state index contributed by atoms with van der Waals surface area (Å²) in [6.45, 7) is 19.6. The van der Waals surface area contributed by atoms with E-state index in [2.05, 4.69) is 71.9 Å². The highest BCUT2D eigenvalue weighted by Crippen LogP contribution is 2.53. The van der Waals surface area contributed by atoms with Gasteiger partial charge in [0, 0.05) is 25.1 Å². The van der Waals surface area contributed by atoms with Crippen LogP contribution in [0.5, 0.6) is 0 Å². The summed E-state index contributed by atoms with van der Waals surface area (Å²) in [6, 6.07) is 0. The molecule has 0 aliphatic carbocycles. The number of aromatic nitrogens is 1. The Morgan fingerprint density at radius 1 is 0.833 bits per heavy atom. The van der Waals surface area contributed by atoms with Crippen LogP contribution in [0.15, 0.2) is 0 Å². The molecular formula is C22H29N2+. The molecule has 0 atom stereocenters. The number of rotatable bonds is 0. The molecule has 0 saturated carbocycles. The average Bonchev–Trinajstić information content (AvgIpc) is 2.90. The molecule has 1 aromatic carbocycles. The van der Waals surface area contributed by atoms with Gasteiger partial charge in [-0.1, -0.05) is 0 Å². The minimum atomic E-state index is 0.00819. The van der Waals surface area contributed by atoms with Gasteiger partial charge < -0.3 is 4.90 Å². The average molecular weight is 321 g/mol. The van der Waals surface area contributed by atoms with E-state index in [0.717, 1.165) is 6.54 Å². The molecule has 0 N–H and O–H groups in total. The van der Waals surface area contributed by atoms with Crippen molar-refractivity contribution < 1.29 is 4.57 Å². The first-order chi connectivity index (χ1) is 11.1. The summed E-state index contributed by atoms with van der Waals surface area (Å²) in [6.07, 6.45) is 0. The van der Waals surface area contributed by atoms with Crippen molar-refractivity contribution in [2.75, 3.05) is 11.9 Å². The molecule has 2 heteroatoms. The Morgan fingerprint density at radius 2 is 1.46 bits per heavy atom. The largest absolute Gasteiger partial charge is 0.360 e. The van der Waals surface area contributed by atoms with E-state index in [-0.39, 0.29) is 5.54 Å². The van der Waals surface area contributed by atoms with Crippen LogP contribution in [0.1, 0.15) is 58.5 Å². The fourth-order valence-corrected chi connectivity index (χ4v) is 5.04. The Labute approximate surface area is 146 Å². The lowest BCUT2D eigenvalue weighted by atomic mass is 9.76. The van der Waals surface area contributed by atoms with Crippen molar-refractivity contribution in [2.45, 2.75) is 67.5 Å². The Balaban J connectivity index is 2.29. The first kappa shape index (κ1) is 15.7. The highest BCUT2D eigenvalue weighted by molar-refractivity contribution is 5.88. The predicted molar refractivity (Wildman–Crippen MR) is 101 cm³/mol. The lowest BCUT2D eigenvalue weighted by Crippen LogP contribution is -2.46. The van der Waals surface area contributed by atoms with Crippen molar-refractivity contribution >= 4 is 5.69 Å². The number of hydrogen-bond acceptors (Lipinski definition) is 1. The van der Waals surface area contributed by atoms with Crippen LogP contribution < -0.4 is 9.47 Å². The summed E-state index contributed by atoms with van der Waals surface area (Å²) < 4.78 is 2.56. The summed E-state index contributed by atoms with van der Waals surface area (Å²) in [5.41, 5.74) is 16.2. The molecule has 2 nitrogen and oxygen atoms in total. The number of anilines is 1. The summed E-state index contributed by atoms with van der Waals surface area (Å²) in [7, 11) is 2.27. The first-order valence-corrected chi connectivity index (χ1v) is 9.01. The molecule has 0 radical (unpaired) electrons. The monoisotopic (exact) mass is 321 g/mol. The van der Waals surface area contributed by atoms with Gasteiger partial charge in [0.25, 0.3) is 0 Å². The third kappa shape index (κ3) is 1.51. The van der Waals surface area contributed by atoms with Gasteiger partial charge in [-0.2, -0.15) is 4.57 Å². The standard InChI is InChI=1S/C22H29N2/c1-11-13(3)17-10-24-16(6)12(2)15(5)20-21(24)18(17)19(14(11)4)22(7,8)23(20)9/h10H2,1-9H3/q+1. The minimum Gasteiger partial charge on any atom is -0.360 e. The maximum atomic E-state index is 2.56. The summed E-state index contributed by atoms with van der Waals surface area (Å²) in [4.78, 5) is 2.51. The van der Waals surface area contributed by atoms with E-state index < -0.39 is 0 Å². The number of benzene rings is 1. The van der Waals surface area contributed by atoms with E-state index in [9.17, 15) is 0 Å². The van der Waals surface area contributed by atoms with Crippen molar-refractivity contribution in [1.29, 1.82) is 0 Å². The van der Waals surface area contributed by atoms with E-state index in [4.69, 9.17) is 0 Å². The highest BCUT2D eigenvalue weighted by Gasteiger charge is 2.48. The summed E-state index contributed by atoms with van der Waals surface area (Å²) >= 11 is 0. The van der Waals surface area contributed by atoms with Gasteiger partial charge in [0.1, 0.15) is 5.69 Å². The minimum absolute atomic E-state index is 0.00819. The fraction of sp³-hybridized carbons (Fsp3) is 0.500. The van der Waals surface area contributed by atoms with Crippen LogP contribution in [-0.2, 0) is 12.1 Å². The molecule has 0 bridgehead atoms. The molecular weight excluding hydrogens is 292 g/mol. The van der Waals surface area contributed by atoms with Crippen LogP contribution in [0.25, 0.3) is 11.3 Å². The molecule has 126 valence electrons. The zero-order valence-corrected chi connectivity index (χ0v) is 16.6. The Morgan fingerprint density at radius 3 is 2.08 bits per heavy atom. The maximum Gasteiger partial charge on any atom is 0.237 e. The van der Waals surface area contributed by atoms with Gasteiger partial charge in [-0.15, -0.1) is 0 Å². The zero-order chi connectivity index (χ0) is 17.7. The lowest BCUT2D eigenvalue weighted by molar-refractivity contribution is -0.678. The van der Waals surface area contributed by atoms with Gasteiger partial charge in [0.05, 0.1) is 11.1 Å². The van der Waals surface area contributed by atoms with Crippen LogP contribution in [0.4, 0.5) is 5.69 Å². The second-order valence-corrected chi connectivity index (χ2v) is 8.34. The molecule has 0 saturated heterocycles. The first-order valence-electron chi connectivity index (χ1n) is 9.01. The van der Waals surface area contributed by atoms with Crippen molar-refractivity contribution in [3.8, 4) is 11.3 Å². The topological polar surface area (TPSA) is 7.12 Å². The molecule has 2 aromatic rings. The van der Waals surface area contributed by atoms with E-state index in [1.165, 1.54) is 56.0 Å². The Hall–Kier alpha value is -1.83. The smallest absolute Gasteiger partial charge is 0.237 e. The summed E-state index contributed by atoms with van der Waals surface area (Å²) in [5, 5.41) is 0. The van der Waals surface area contributed by atoms with E-state index in [1.807, 2.05) is 0 Å². The number of pyridine rings is 1. The predicted octanol–water partition coefficient (Wildman–Crippen LogP) is 4.54. The maximum absolute atomic E-state index is 2.56. The molecule has 2 aliphatic heterocycles. The molecule has 2 aliphatic rings. The van der Waals surface area contributed by atoms with Crippen LogP contribution >= 0.6 is 0 Å². The fourth-order valence-electron chi connectivity index (χ4n) is 5.04. The lowest BCUT2D eigenvalue weighted by Gasteiger charge is -2.44. The quantitative estimate of drug-likeness (QED) is 0.551. The second kappa shape index (κ2) is 4.41. The van der Waals surface area contributed by atoms with Crippen LogP contribution in [-0.4, -0.2) is 7.05 Å². The third-order valence-corrected chi connectivity index (χ3v) is 7.20. The Bertz CT molecular complexity index is 932. The molecule has 0 unspecified atom stereocenters. The SMILES string of the molecule is Cc1c(C)c2c3c(c1C)C(C)(C)N(C)c1c(C)c(C)c(C)[n+](c1-3)C2. The molecule has 24 heavy (non-hydrogen) atoms. The molecule has 0 spiro atoms. The zero-order valence-electron chi connectivity index (χ0n) is 16.6. The Kier molecular flexibility index (Phi) is 2.88. The summed E-state index contributed by atoms with van der Waals surface area (Å²) in [5.74, 6) is 0. The molecule has 1 aromatic heterocycles. The van der Waals surface area contributed by atoms with Crippen LogP contribution in [0, 0.1) is 41.5 Å². The molecule has 3 heterocycles. The van der Waals surface area contributed by atoms with E-state index >= 15 is 0 Å². The highest BCUT2D eigenvalue weighted by atomic mass is 15.2. The van der Waals surface area contributed by atoms with E-state index in [1.54, 1.807) is 5.56 Å². The van der Waals surface area contributed by atoms with Crippen molar-refractivity contribution in [2.24, 2.45) is 0 Å². The number of nitrogens with zero attached hydrogens (tertiary/aromatic N) is 2. The van der Waals surface area contributed by atoms with Gasteiger partial charge in [-0.3, -0.25) is 0 Å². The molecule has 0 fully saturated rings. The second-order valence-electron chi connectivity index (χ2n) is 8.34. The van der Waals surface area contributed by atoms with Crippen LogP contribution in [0.2, 0.25) is 0 Å². The van der Waals surface area contributed by atoms with Gasteiger partial charge >= 0.3 is 0 Å². The third-order valence-electron chi connectivity index (χ3n) is 7.20. The van der Waals surface area contributed by atoms with Gasteiger partial charge in [0.2, 0.25) is 5.69 Å². The van der Waals surface area contributed by atoms with Gasteiger partial charge in [-0.25, -0.2) is 0 Å². The van der Waals surface area contributed by atoms with Gasteiger partial charge in [-0.05, 0) is 76.3 Å².